The van der Waals surface area contributed by atoms with E-state index in [2.05, 4.69) is 21.1 Å². The van der Waals surface area contributed by atoms with Gasteiger partial charge in [-0.2, -0.15) is 0 Å². The van der Waals surface area contributed by atoms with Crippen LogP contribution in [0.3, 0.4) is 0 Å². The standard InChI is InChI=1S/C19H38NO11.C14H26O10.C6H14NO.2ClH/c1-9-13(23)14(24)18(11(29-9)8-28-12(22)6-20(2,3)4)31-19-16(26)15(25)17(27-5)10(7-21)30-19;1-5-8(17)9(18)13(7(4-16)22-5)24-14-11(20)10(19)12(21-2)6(3-15)23-14;1-7(2,3)4-6-5-8-6;;/h9-19,21-26H,6-8H2,1-5H3;5-20H,3-4H2,1-2H3;6H,4-5H2,1-3H3;2*1H/q+1;;+1;;/p-2/t9-,10?,11?,12?,13+,14?,15-,16?,17-,18+,19+;5-,6?,7?,8+,9?,10-,11?,12-,13+,14+;;;/m11.../s1. The lowest BCUT2D eigenvalue weighted by atomic mass is 9.95. The zero-order valence-corrected chi connectivity index (χ0v) is 40.3. The van der Waals surface area contributed by atoms with Crippen molar-refractivity contribution in [3.8, 4) is 0 Å². The summed E-state index contributed by atoms with van der Waals surface area (Å²) in [7, 11) is 14.8. The molecule has 5 aliphatic heterocycles. The van der Waals surface area contributed by atoms with Crippen LogP contribution in [0.2, 0.25) is 0 Å². The Balaban J connectivity index is 0.000000550. The van der Waals surface area contributed by atoms with Crippen LogP contribution in [0.1, 0.15) is 13.8 Å². The van der Waals surface area contributed by atoms with Gasteiger partial charge < -0.3 is 142 Å². The number of nitrogens with zero attached hydrogens (tertiary/aromatic N) is 2. The van der Waals surface area contributed by atoms with Crippen molar-refractivity contribution in [2.45, 2.75) is 149 Å². The average Bonchev–Trinajstić information content (AvgIpc) is 4.02. The Morgan fingerprint density at radius 1 is 0.523 bits per heavy atom. The Kier molecular flexibility index (Phi) is 26.9. The summed E-state index contributed by atoms with van der Waals surface area (Å²) in [5.41, 5.74) is 0. The van der Waals surface area contributed by atoms with Gasteiger partial charge in [-0.1, -0.05) is 0 Å². The van der Waals surface area contributed by atoms with Gasteiger partial charge in [-0.15, -0.1) is 0 Å². The van der Waals surface area contributed by atoms with Crippen LogP contribution < -0.4 is 24.8 Å². The molecule has 390 valence electrons. The van der Waals surface area contributed by atoms with E-state index in [1.54, 1.807) is 6.92 Å². The molecular formula is C39H78Cl2N2O22. The second-order valence-electron chi connectivity index (χ2n) is 18.6. The van der Waals surface area contributed by atoms with E-state index in [9.17, 15) is 61.3 Å². The first-order valence-corrected chi connectivity index (χ1v) is 21.1. The molecule has 5 aliphatic rings. The van der Waals surface area contributed by atoms with Gasteiger partial charge in [-0.3, -0.25) is 0 Å². The van der Waals surface area contributed by atoms with Crippen LogP contribution in [0.25, 0.3) is 0 Å². The number of epoxide rings is 1. The van der Waals surface area contributed by atoms with Crippen LogP contribution in [0.4, 0.5) is 0 Å². The first kappa shape index (κ1) is 62.6. The number of halogens is 2. The number of quaternary nitrogens is 2. The molecule has 0 aromatic heterocycles. The van der Waals surface area contributed by atoms with E-state index in [1.807, 2.05) is 21.1 Å². The molecule has 5 heterocycles. The number of aliphatic hydroxyl groups excluding tert-OH is 12. The Bertz CT molecular complexity index is 1300. The highest BCUT2D eigenvalue weighted by molar-refractivity contribution is 4.97. The van der Waals surface area contributed by atoms with E-state index >= 15 is 0 Å². The van der Waals surface area contributed by atoms with Gasteiger partial charge in [0.15, 0.2) is 12.6 Å². The second kappa shape index (κ2) is 27.9. The topological polar surface area (TPSA) is 338 Å². The van der Waals surface area contributed by atoms with E-state index < -0.39 is 149 Å². The minimum Gasteiger partial charge on any atom is -1.00 e. The molecule has 0 radical (unpaired) electrons. The normalized spacial score (nSPS) is 42.5. The van der Waals surface area contributed by atoms with Crippen molar-refractivity contribution in [1.29, 1.82) is 0 Å². The lowest BCUT2D eigenvalue weighted by Gasteiger charge is -2.46. The Hall–Kier alpha value is -0.380. The summed E-state index contributed by atoms with van der Waals surface area (Å²) in [6.45, 7) is 3.88. The van der Waals surface area contributed by atoms with E-state index in [0.717, 1.165) is 17.6 Å². The molecule has 26 heteroatoms. The highest BCUT2D eigenvalue weighted by Gasteiger charge is 2.52. The van der Waals surface area contributed by atoms with Crippen molar-refractivity contribution in [1.82, 2.24) is 0 Å². The van der Waals surface area contributed by atoms with Crippen molar-refractivity contribution in [2.75, 3.05) is 103 Å². The third-order valence-electron chi connectivity index (χ3n) is 11.1. The van der Waals surface area contributed by atoms with Gasteiger partial charge in [-0.05, 0) is 13.8 Å². The smallest absolute Gasteiger partial charge is 0.205 e. The van der Waals surface area contributed by atoms with Crippen molar-refractivity contribution in [3.63, 3.8) is 0 Å². The highest BCUT2D eigenvalue weighted by atomic mass is 35.5. The molecule has 0 aromatic rings. The van der Waals surface area contributed by atoms with Gasteiger partial charge in [0.2, 0.25) is 6.29 Å². The molecule has 5 fully saturated rings. The fraction of sp³-hybridized carbons (Fsp3) is 1.00. The quantitative estimate of drug-likeness (QED) is 0.0388. The summed E-state index contributed by atoms with van der Waals surface area (Å²) < 4.78 is 55.3. The van der Waals surface area contributed by atoms with Gasteiger partial charge in [0.05, 0.1) is 87.5 Å². The second-order valence-corrected chi connectivity index (χ2v) is 18.6. The van der Waals surface area contributed by atoms with Crippen LogP contribution in [-0.2, 0) is 47.4 Å². The number of rotatable bonds is 16. The minimum absolute atomic E-state index is 0. The third kappa shape index (κ3) is 18.1. The molecule has 65 heavy (non-hydrogen) atoms. The lowest BCUT2D eigenvalue weighted by molar-refractivity contribution is -0.876. The number of methoxy groups -OCH3 is 2. The molecule has 0 spiro atoms. The number of hydrogen-bond donors (Lipinski definition) is 12. The molecular weight excluding hydrogens is 919 g/mol. The number of ether oxygens (including phenoxy) is 10. The van der Waals surface area contributed by atoms with Crippen molar-refractivity contribution < 1.29 is 142 Å². The SMILES string of the molecule is CO[C@@H]1C(CO)O[C@@H](O[C@H]2C(CO)O[C@H](C)[C@H](O)C2O)C(O)[C@H]1O.CO[C@@H]1C(CO)O[C@@H](O[C@H]2C(COC(O)C[N+](C)(C)C)O[C@H](C)[C@H](O)C2O)C(O)[C@H]1O.C[N+](C)(C)CC1CO1.[Cl-].[Cl-]. The van der Waals surface area contributed by atoms with Crippen molar-refractivity contribution >= 4 is 0 Å². The maximum atomic E-state index is 10.6. The zero-order valence-electron chi connectivity index (χ0n) is 38.8. The van der Waals surface area contributed by atoms with Crippen LogP contribution in [-0.4, -0.2) is 308 Å². The lowest BCUT2D eigenvalue weighted by Crippen LogP contribution is -3.00. The van der Waals surface area contributed by atoms with Crippen molar-refractivity contribution in [2.24, 2.45) is 0 Å². The largest absolute Gasteiger partial charge is 1.00 e. The summed E-state index contributed by atoms with van der Waals surface area (Å²) in [6, 6.07) is 0. The molecule has 22 atom stereocenters. The highest BCUT2D eigenvalue weighted by Crippen LogP contribution is 2.32. The molecule has 0 bridgehead atoms. The fourth-order valence-corrected chi connectivity index (χ4v) is 7.60. The molecule has 0 aromatic carbocycles. The summed E-state index contributed by atoms with van der Waals surface area (Å²) in [5.74, 6) is 0. The molecule has 12 N–H and O–H groups in total. The van der Waals surface area contributed by atoms with Crippen molar-refractivity contribution in [3.05, 3.63) is 0 Å². The zero-order chi connectivity index (χ0) is 47.7. The van der Waals surface area contributed by atoms with Gasteiger partial charge in [-0.25, -0.2) is 0 Å². The summed E-state index contributed by atoms with van der Waals surface area (Å²) in [4.78, 5) is 0. The predicted molar refractivity (Wildman–Crippen MR) is 214 cm³/mol. The van der Waals surface area contributed by atoms with Crippen LogP contribution in [0, 0.1) is 0 Å². The predicted octanol–water partition coefficient (Wildman–Crippen LogP) is -13.2. The molecule has 5 saturated heterocycles. The summed E-state index contributed by atoms with van der Waals surface area (Å²) >= 11 is 0. The van der Waals surface area contributed by atoms with Crippen LogP contribution in [0.5, 0.6) is 0 Å². The fourth-order valence-electron chi connectivity index (χ4n) is 7.60. The minimum atomic E-state index is -1.55. The molecule has 0 amide bonds. The molecule has 5 rings (SSSR count). The average molecular weight is 998 g/mol. The number of likely N-dealkylation sites (N-methyl/N-ethyl adjacent to an activating group) is 2. The molecule has 10 unspecified atom stereocenters. The van der Waals surface area contributed by atoms with E-state index in [1.165, 1.54) is 21.1 Å². The Morgan fingerprint density at radius 3 is 1.20 bits per heavy atom. The van der Waals surface area contributed by atoms with Gasteiger partial charge in [0.25, 0.3) is 0 Å². The van der Waals surface area contributed by atoms with E-state index in [4.69, 9.17) is 47.4 Å². The summed E-state index contributed by atoms with van der Waals surface area (Å²) in [6.07, 6.45) is -24.3. The summed E-state index contributed by atoms with van der Waals surface area (Å²) in [5, 5.41) is 120. The van der Waals surface area contributed by atoms with Gasteiger partial charge >= 0.3 is 0 Å². The van der Waals surface area contributed by atoms with Crippen LogP contribution in [0.15, 0.2) is 0 Å². The van der Waals surface area contributed by atoms with E-state index in [0.29, 0.717) is 17.1 Å². The number of hydrogen-bond acceptors (Lipinski definition) is 22. The third-order valence-corrected chi connectivity index (χ3v) is 11.1. The first-order chi connectivity index (χ1) is 29.3. The number of aliphatic hydroxyl groups is 12. The van der Waals surface area contributed by atoms with Gasteiger partial charge in [0, 0.05) is 14.2 Å². The molecule has 24 nitrogen and oxygen atoms in total. The van der Waals surface area contributed by atoms with Gasteiger partial charge in [0.1, 0.15) is 117 Å². The Labute approximate surface area is 393 Å². The Morgan fingerprint density at radius 2 is 0.877 bits per heavy atom. The first-order valence-electron chi connectivity index (χ1n) is 21.1. The molecule has 0 aliphatic carbocycles. The monoisotopic (exact) mass is 996 g/mol. The van der Waals surface area contributed by atoms with Crippen LogP contribution >= 0.6 is 0 Å². The maximum Gasteiger partial charge on any atom is 0.205 e. The molecule has 0 saturated carbocycles. The maximum absolute atomic E-state index is 10.6. The van der Waals surface area contributed by atoms with E-state index in [-0.39, 0.29) is 31.4 Å².